The fourth-order valence-corrected chi connectivity index (χ4v) is 9.41. The van der Waals surface area contributed by atoms with Crippen molar-refractivity contribution in [2.24, 2.45) is 9.98 Å². The molecule has 0 aliphatic heterocycles. The van der Waals surface area contributed by atoms with Gasteiger partial charge in [-0.05, 0) is 11.2 Å². The first-order valence-electron chi connectivity index (χ1n) is 11.4. The Kier molecular flexibility index (Phi) is 36.8. The van der Waals surface area contributed by atoms with Crippen LogP contribution < -0.4 is 10.6 Å². The predicted octanol–water partition coefficient (Wildman–Crippen LogP) is 4.29. The van der Waals surface area contributed by atoms with Gasteiger partial charge in [-0.3, -0.25) is 4.79 Å². The second kappa shape index (κ2) is 35.7. The summed E-state index contributed by atoms with van der Waals surface area (Å²) in [4.78, 5) is 40.7. The summed E-state index contributed by atoms with van der Waals surface area (Å²) >= 11 is 12.2. The minimum absolute atomic E-state index is 0.0241. The number of aliphatic imine (C=N–C) groups is 2. The number of carbonyl (C=O) groups is 2. The molecule has 1 unspecified atom stereocenters. The quantitative estimate of drug-likeness (QED) is 0.0161. The number of nitrogens with zero attached hydrogens (tertiary/aromatic N) is 2. The summed E-state index contributed by atoms with van der Waals surface area (Å²) in [6.07, 6.45) is 0.708. The SMILES string of the molecule is O=C(NCSCSC/N=C/[S+]([O-])CCSCSCCSC(=O)NCSCSC/N=C/OOCSCO)OCSCO. The van der Waals surface area contributed by atoms with E-state index in [4.69, 9.17) is 19.8 Å². The van der Waals surface area contributed by atoms with E-state index in [9.17, 15) is 14.1 Å². The van der Waals surface area contributed by atoms with Crippen molar-refractivity contribution in [1.29, 1.82) is 0 Å². The van der Waals surface area contributed by atoms with Gasteiger partial charge in [0.15, 0.2) is 0 Å². The van der Waals surface area contributed by atoms with Crippen LogP contribution in [0.2, 0.25) is 0 Å². The van der Waals surface area contributed by atoms with Gasteiger partial charge in [0, 0.05) is 32.5 Å². The number of alkyl carbamates (subject to hydrolysis) is 1. The average molecular weight is 769 g/mol. The molecule has 22 heteroatoms. The first-order valence-corrected chi connectivity index (χ1v) is 23.0. The zero-order chi connectivity index (χ0) is 30.1. The van der Waals surface area contributed by atoms with Crippen LogP contribution in [0.4, 0.5) is 9.59 Å². The van der Waals surface area contributed by atoms with Crippen molar-refractivity contribution in [2.75, 3.05) is 85.5 Å². The van der Waals surface area contributed by atoms with Crippen molar-refractivity contribution in [3.05, 3.63) is 0 Å². The maximum absolute atomic E-state index is 12.0. The van der Waals surface area contributed by atoms with Gasteiger partial charge in [0.25, 0.3) is 5.24 Å². The fourth-order valence-electron chi connectivity index (χ4n) is 1.70. The summed E-state index contributed by atoms with van der Waals surface area (Å²) in [7, 11) is 0. The van der Waals surface area contributed by atoms with Crippen LogP contribution in [0.3, 0.4) is 0 Å². The molecular weight excluding hydrogens is 733 g/mol. The van der Waals surface area contributed by atoms with Gasteiger partial charge in [-0.25, -0.2) is 14.8 Å². The molecule has 4 N–H and O–H groups in total. The number of aliphatic hydroxyl groups excluding tert-OH is 2. The van der Waals surface area contributed by atoms with E-state index in [0.717, 1.165) is 44.3 Å². The zero-order valence-electron chi connectivity index (χ0n) is 22.1. The maximum Gasteiger partial charge on any atom is 0.408 e. The van der Waals surface area contributed by atoms with E-state index in [1.807, 2.05) is 0 Å². The van der Waals surface area contributed by atoms with Crippen LogP contribution in [0.5, 0.6) is 0 Å². The molecule has 2 amide bonds. The molecular formula is C19H36N4O8S10. The number of nitrogens with one attached hydrogen (secondary N) is 2. The van der Waals surface area contributed by atoms with Crippen molar-refractivity contribution in [1.82, 2.24) is 10.6 Å². The number of amides is 2. The van der Waals surface area contributed by atoms with Gasteiger partial charge < -0.3 is 35.0 Å². The molecule has 1 atom stereocenters. The monoisotopic (exact) mass is 768 g/mol. The average Bonchev–Trinajstić information content (AvgIpc) is 2.96. The van der Waals surface area contributed by atoms with Gasteiger partial charge in [-0.15, -0.1) is 70.6 Å². The maximum atomic E-state index is 12.0. The molecule has 12 nitrogen and oxygen atoms in total. The van der Waals surface area contributed by atoms with Gasteiger partial charge in [-0.2, -0.15) is 16.6 Å². The third-order valence-electron chi connectivity index (χ3n) is 3.32. The Hall–Kier alpha value is 1.22. The summed E-state index contributed by atoms with van der Waals surface area (Å²) in [6, 6.07) is 0. The summed E-state index contributed by atoms with van der Waals surface area (Å²) in [6.45, 7) is 0. The van der Waals surface area contributed by atoms with Crippen LogP contribution in [-0.4, -0.2) is 124 Å². The van der Waals surface area contributed by atoms with Crippen molar-refractivity contribution in [3.63, 3.8) is 0 Å². The highest BCUT2D eigenvalue weighted by molar-refractivity contribution is 8.18. The topological polar surface area (TPSA) is 174 Å². The number of hydrogen-bond acceptors (Lipinski definition) is 19. The largest absolute Gasteiger partial charge is 0.611 e. The van der Waals surface area contributed by atoms with Crippen molar-refractivity contribution < 1.29 is 38.9 Å². The number of carbonyl (C=O) groups excluding carboxylic acids is 2. The fraction of sp³-hybridized carbons (Fsp3) is 0.789. The highest BCUT2D eigenvalue weighted by Gasteiger charge is 2.04. The summed E-state index contributed by atoms with van der Waals surface area (Å²) in [5, 5.41) is 25.0. The molecule has 0 aromatic heterocycles. The molecule has 0 bridgehead atoms. The van der Waals surface area contributed by atoms with Gasteiger partial charge >= 0.3 is 6.09 Å². The molecule has 0 saturated heterocycles. The molecule has 0 fully saturated rings. The summed E-state index contributed by atoms with van der Waals surface area (Å²) in [5.41, 5.74) is 1.49. The third kappa shape index (κ3) is 35.6. The molecule has 0 aliphatic carbocycles. The van der Waals surface area contributed by atoms with Crippen molar-refractivity contribution in [3.8, 4) is 0 Å². The molecule has 0 heterocycles. The predicted molar refractivity (Wildman–Crippen MR) is 191 cm³/mol. The normalized spacial score (nSPS) is 12.2. The van der Waals surface area contributed by atoms with Crippen LogP contribution in [0.1, 0.15) is 0 Å². The molecule has 0 aromatic rings. The first-order chi connectivity index (χ1) is 20.1. The van der Waals surface area contributed by atoms with Gasteiger partial charge in [-0.1, -0.05) is 23.5 Å². The Morgan fingerprint density at radius 1 is 0.805 bits per heavy atom. The molecule has 0 rings (SSSR count). The smallest absolute Gasteiger partial charge is 0.408 e. The van der Waals surface area contributed by atoms with E-state index in [1.165, 1.54) is 47.2 Å². The molecule has 0 saturated carbocycles. The van der Waals surface area contributed by atoms with E-state index in [2.05, 4.69) is 25.5 Å². The van der Waals surface area contributed by atoms with E-state index in [-0.39, 0.29) is 29.0 Å². The minimum atomic E-state index is -1.08. The molecule has 0 aliphatic rings. The molecule has 0 aromatic carbocycles. The van der Waals surface area contributed by atoms with E-state index < -0.39 is 17.3 Å². The summed E-state index contributed by atoms with van der Waals surface area (Å²) in [5.74, 6) is 5.19. The Balaban J connectivity index is 3.39. The van der Waals surface area contributed by atoms with Gasteiger partial charge in [0.1, 0.15) is 17.6 Å². The second-order valence-electron chi connectivity index (χ2n) is 6.23. The lowest BCUT2D eigenvalue weighted by atomic mass is 11.0. The number of aliphatic hydroxyl groups is 2. The Labute approximate surface area is 283 Å². The van der Waals surface area contributed by atoms with Gasteiger partial charge in [0.05, 0.1) is 35.4 Å². The van der Waals surface area contributed by atoms with Crippen LogP contribution in [-0.2, 0) is 25.7 Å². The number of rotatable bonds is 29. The summed E-state index contributed by atoms with van der Waals surface area (Å²) < 4.78 is 16.8. The second-order valence-corrected chi connectivity index (χ2v) is 17.7. The van der Waals surface area contributed by atoms with Crippen LogP contribution >= 0.6 is 106 Å². The number of thioether (sulfide) groups is 9. The van der Waals surface area contributed by atoms with Crippen LogP contribution in [0.25, 0.3) is 0 Å². The Morgan fingerprint density at radius 2 is 1.46 bits per heavy atom. The van der Waals surface area contributed by atoms with Crippen LogP contribution in [0, 0.1) is 0 Å². The zero-order valence-corrected chi connectivity index (χ0v) is 30.2. The van der Waals surface area contributed by atoms with Crippen molar-refractivity contribution in [2.45, 2.75) is 0 Å². The lowest BCUT2D eigenvalue weighted by Gasteiger charge is -2.06. The molecule has 41 heavy (non-hydrogen) atoms. The minimum Gasteiger partial charge on any atom is -0.611 e. The lowest BCUT2D eigenvalue weighted by molar-refractivity contribution is -0.196. The van der Waals surface area contributed by atoms with E-state index in [0.29, 0.717) is 29.3 Å². The molecule has 0 radical (unpaired) electrons. The molecule has 240 valence electrons. The standard InChI is InChI=1S/C19H36N4O8S10/c24-11-38-13-29-18(26)22-8-36-17-35-7-21-10-41(28)4-3-33-15-32-1-2-40-19(27)23-9-37-16-34-6-20-5-30-31-14-39-12-25/h5,10,24-25H,1-4,6-9,11-17H2,(H,22,26)(H,23,27)/b20-5+,21-10+. The molecule has 0 spiro atoms. The van der Waals surface area contributed by atoms with E-state index in [1.54, 1.807) is 58.8 Å². The highest BCUT2D eigenvalue weighted by atomic mass is 32.2. The first kappa shape index (κ1) is 42.2. The number of hydrogen-bond donors (Lipinski definition) is 4. The van der Waals surface area contributed by atoms with E-state index >= 15 is 0 Å². The van der Waals surface area contributed by atoms with Crippen LogP contribution in [0.15, 0.2) is 9.98 Å². The lowest BCUT2D eigenvalue weighted by Crippen LogP contribution is -2.23. The third-order valence-corrected chi connectivity index (χ3v) is 12.9. The number of ether oxygens (including phenoxy) is 1. The Morgan fingerprint density at radius 3 is 2.22 bits per heavy atom. The Bertz CT molecular complexity index is 679. The van der Waals surface area contributed by atoms with Gasteiger partial charge in [0.2, 0.25) is 11.9 Å². The highest BCUT2D eigenvalue weighted by Crippen LogP contribution is 2.16. The van der Waals surface area contributed by atoms with Crippen molar-refractivity contribution >= 4 is 140 Å².